The van der Waals surface area contributed by atoms with Crippen LogP contribution in [0.2, 0.25) is 0 Å². The van der Waals surface area contributed by atoms with E-state index >= 15 is 0 Å². The quantitative estimate of drug-likeness (QED) is 0.835. The van der Waals surface area contributed by atoms with Crippen LogP contribution >= 0.6 is 23.7 Å². The predicted molar refractivity (Wildman–Crippen MR) is 95.9 cm³/mol. The van der Waals surface area contributed by atoms with Gasteiger partial charge in [-0.3, -0.25) is 4.79 Å². The summed E-state index contributed by atoms with van der Waals surface area (Å²) in [5, 5.41) is 3.87. The number of carbonyl (C=O) groups excluding carboxylic acids is 1. The van der Waals surface area contributed by atoms with Crippen LogP contribution in [0.4, 0.5) is 0 Å². The van der Waals surface area contributed by atoms with Crippen molar-refractivity contribution in [3.05, 3.63) is 40.9 Å². The molecule has 5 nitrogen and oxygen atoms in total. The molecule has 7 heteroatoms. The number of aryl methyl sites for hydroxylation is 1. The van der Waals surface area contributed by atoms with E-state index in [0.717, 1.165) is 21.1 Å². The third-order valence-electron chi connectivity index (χ3n) is 3.29. The van der Waals surface area contributed by atoms with Crippen LogP contribution in [0.1, 0.15) is 23.5 Å². The van der Waals surface area contributed by atoms with Gasteiger partial charge in [0.05, 0.1) is 23.2 Å². The maximum atomic E-state index is 12.0. The van der Waals surface area contributed by atoms with Crippen molar-refractivity contribution in [3.63, 3.8) is 0 Å². The highest BCUT2D eigenvalue weighted by Gasteiger charge is 2.20. The summed E-state index contributed by atoms with van der Waals surface area (Å²) in [6.45, 7) is 4.10. The molecule has 126 valence electrons. The smallest absolute Gasteiger partial charge is 0.239 e. The molecule has 2 aromatic rings. The first-order valence-electron chi connectivity index (χ1n) is 7.10. The van der Waals surface area contributed by atoms with Gasteiger partial charge in [0, 0.05) is 12.7 Å². The average molecular weight is 356 g/mol. The molecule has 2 atom stereocenters. The zero-order valence-corrected chi connectivity index (χ0v) is 15.0. The van der Waals surface area contributed by atoms with Crippen LogP contribution in [0.5, 0.6) is 0 Å². The van der Waals surface area contributed by atoms with Crippen molar-refractivity contribution in [2.75, 3.05) is 13.7 Å². The monoisotopic (exact) mass is 355 g/mol. The lowest BCUT2D eigenvalue weighted by Gasteiger charge is -2.16. The summed E-state index contributed by atoms with van der Waals surface area (Å²) in [6.07, 6.45) is 0. The van der Waals surface area contributed by atoms with E-state index in [1.807, 2.05) is 44.2 Å². The minimum Gasteiger partial charge on any atom is -0.383 e. The van der Waals surface area contributed by atoms with E-state index in [1.54, 1.807) is 11.3 Å². The summed E-state index contributed by atoms with van der Waals surface area (Å²) in [7, 11) is 1.52. The summed E-state index contributed by atoms with van der Waals surface area (Å²) < 4.78 is 4.90. The number of aromatic nitrogens is 1. The number of amides is 1. The number of halogens is 1. The van der Waals surface area contributed by atoms with E-state index in [1.165, 1.54) is 7.11 Å². The molecule has 0 bridgehead atoms. The number of thiazole rings is 1. The van der Waals surface area contributed by atoms with Crippen molar-refractivity contribution >= 4 is 29.7 Å². The highest BCUT2D eigenvalue weighted by Crippen LogP contribution is 2.31. The molecule has 2 rings (SSSR count). The van der Waals surface area contributed by atoms with Gasteiger partial charge in [-0.2, -0.15) is 0 Å². The number of nitrogens with one attached hydrogen (secondary N) is 1. The van der Waals surface area contributed by atoms with Crippen LogP contribution in [0.15, 0.2) is 30.3 Å². The molecule has 3 N–H and O–H groups in total. The number of ether oxygens (including phenoxy) is 1. The largest absolute Gasteiger partial charge is 0.383 e. The molecule has 0 saturated heterocycles. The lowest BCUT2D eigenvalue weighted by molar-refractivity contribution is -0.124. The predicted octanol–water partition coefficient (Wildman–Crippen LogP) is 2.69. The fourth-order valence-electron chi connectivity index (χ4n) is 2.16. The van der Waals surface area contributed by atoms with E-state index in [9.17, 15) is 4.79 Å². The molecule has 0 saturated carbocycles. The van der Waals surface area contributed by atoms with E-state index < -0.39 is 6.04 Å². The van der Waals surface area contributed by atoms with Crippen molar-refractivity contribution in [1.29, 1.82) is 0 Å². The zero-order valence-electron chi connectivity index (χ0n) is 13.4. The first-order valence-corrected chi connectivity index (χ1v) is 7.92. The molecule has 0 spiro atoms. The molecule has 0 aliphatic rings. The van der Waals surface area contributed by atoms with E-state index in [-0.39, 0.29) is 31.0 Å². The second-order valence-electron chi connectivity index (χ2n) is 5.13. The number of benzene rings is 1. The number of rotatable bonds is 6. The van der Waals surface area contributed by atoms with E-state index in [0.29, 0.717) is 0 Å². The minimum absolute atomic E-state index is 0. The van der Waals surface area contributed by atoms with Gasteiger partial charge in [0.1, 0.15) is 11.0 Å². The molecule has 2 unspecified atom stereocenters. The molecule has 0 fully saturated rings. The minimum atomic E-state index is -0.658. The molecule has 1 amide bonds. The van der Waals surface area contributed by atoms with Crippen LogP contribution in [-0.2, 0) is 9.53 Å². The lowest BCUT2D eigenvalue weighted by atomic mass is 10.2. The Morgan fingerprint density at radius 3 is 2.65 bits per heavy atom. The Labute approximate surface area is 146 Å². The third kappa shape index (κ3) is 5.00. The molecule has 0 aliphatic heterocycles. The van der Waals surface area contributed by atoms with Crippen molar-refractivity contribution < 1.29 is 9.53 Å². The van der Waals surface area contributed by atoms with Gasteiger partial charge < -0.3 is 15.8 Å². The molecular weight excluding hydrogens is 334 g/mol. The lowest BCUT2D eigenvalue weighted by Crippen LogP contribution is -2.44. The van der Waals surface area contributed by atoms with Crippen LogP contribution in [-0.4, -0.2) is 30.6 Å². The summed E-state index contributed by atoms with van der Waals surface area (Å²) >= 11 is 1.59. The van der Waals surface area contributed by atoms with Gasteiger partial charge in [0.2, 0.25) is 5.91 Å². The Bertz CT molecular complexity index is 634. The Morgan fingerprint density at radius 1 is 1.39 bits per heavy atom. The number of methoxy groups -OCH3 is 1. The second-order valence-corrected chi connectivity index (χ2v) is 6.16. The van der Waals surface area contributed by atoms with Gasteiger partial charge in [-0.25, -0.2) is 4.98 Å². The summed E-state index contributed by atoms with van der Waals surface area (Å²) in [4.78, 5) is 17.6. The second kappa shape index (κ2) is 8.98. The van der Waals surface area contributed by atoms with Crippen molar-refractivity contribution in [3.8, 4) is 10.6 Å². The van der Waals surface area contributed by atoms with Crippen molar-refractivity contribution in [2.24, 2.45) is 5.73 Å². The van der Waals surface area contributed by atoms with Crippen LogP contribution in [0, 0.1) is 6.92 Å². The summed E-state index contributed by atoms with van der Waals surface area (Å²) in [6, 6.07) is 9.21. The van der Waals surface area contributed by atoms with Crippen LogP contribution in [0.3, 0.4) is 0 Å². The van der Waals surface area contributed by atoms with E-state index in [2.05, 4.69) is 10.3 Å². The number of hydrogen-bond acceptors (Lipinski definition) is 5. The molecule has 1 aromatic carbocycles. The van der Waals surface area contributed by atoms with Crippen LogP contribution < -0.4 is 11.1 Å². The summed E-state index contributed by atoms with van der Waals surface area (Å²) in [5.41, 5.74) is 7.75. The average Bonchev–Trinajstić information content (AvgIpc) is 2.90. The SMILES string of the molecule is COCC(N)C(=O)NC(C)c1sc(-c2ccccc2)nc1C.Cl. The standard InChI is InChI=1S/C16H21N3O2S.ClH/c1-10(18-15(20)13(17)9-21-3)14-11(2)19-16(22-14)12-7-5-4-6-8-12;/h4-8,10,13H,9,17H2,1-3H3,(H,18,20);1H. The highest BCUT2D eigenvalue weighted by atomic mass is 35.5. The fourth-order valence-corrected chi connectivity index (χ4v) is 3.23. The Morgan fingerprint density at radius 2 is 2.04 bits per heavy atom. The van der Waals surface area contributed by atoms with Gasteiger partial charge in [0.25, 0.3) is 0 Å². The number of carbonyl (C=O) groups is 1. The topological polar surface area (TPSA) is 77.2 Å². The van der Waals surface area contributed by atoms with Crippen molar-refractivity contribution in [1.82, 2.24) is 10.3 Å². The number of nitrogens with two attached hydrogens (primary N) is 1. The number of hydrogen-bond donors (Lipinski definition) is 2. The van der Waals surface area contributed by atoms with Gasteiger partial charge in [-0.05, 0) is 13.8 Å². The summed E-state index contributed by atoms with van der Waals surface area (Å²) in [5.74, 6) is -0.219. The Balaban J connectivity index is 0.00000264. The highest BCUT2D eigenvalue weighted by molar-refractivity contribution is 7.15. The number of nitrogens with zero attached hydrogens (tertiary/aromatic N) is 1. The Hall–Kier alpha value is -1.47. The third-order valence-corrected chi connectivity index (χ3v) is 4.68. The maximum Gasteiger partial charge on any atom is 0.239 e. The van der Waals surface area contributed by atoms with Gasteiger partial charge in [-0.15, -0.1) is 23.7 Å². The zero-order chi connectivity index (χ0) is 16.1. The maximum absolute atomic E-state index is 12.0. The molecule has 23 heavy (non-hydrogen) atoms. The molecule has 1 heterocycles. The van der Waals surface area contributed by atoms with Gasteiger partial charge in [-0.1, -0.05) is 30.3 Å². The van der Waals surface area contributed by atoms with E-state index in [4.69, 9.17) is 10.5 Å². The molecule has 1 aromatic heterocycles. The molecule has 0 aliphatic carbocycles. The first kappa shape index (κ1) is 19.6. The van der Waals surface area contributed by atoms with Crippen LogP contribution in [0.25, 0.3) is 10.6 Å². The Kier molecular flexibility index (Phi) is 7.64. The normalized spacial score (nSPS) is 13.0. The molecule has 0 radical (unpaired) electrons. The first-order chi connectivity index (χ1) is 10.5. The van der Waals surface area contributed by atoms with Gasteiger partial charge in [0.15, 0.2) is 0 Å². The fraction of sp³-hybridized carbons (Fsp3) is 0.375. The molecular formula is C16H22ClN3O2S. The van der Waals surface area contributed by atoms with Crippen molar-refractivity contribution in [2.45, 2.75) is 25.9 Å². The van der Waals surface area contributed by atoms with Gasteiger partial charge >= 0.3 is 0 Å².